The average Bonchev–Trinajstić information content (AvgIpc) is 0.673. The smallest absolute Gasteiger partial charge is 0.297 e. The first kappa shape index (κ1) is 70.2. The van der Waals surface area contributed by atoms with Crippen LogP contribution < -0.4 is 18.9 Å². The van der Waals surface area contributed by atoms with Crippen molar-refractivity contribution in [3.05, 3.63) is 228 Å². The van der Waals surface area contributed by atoms with Gasteiger partial charge in [-0.2, -0.15) is 16.8 Å². The van der Waals surface area contributed by atoms with E-state index < -0.39 is 43.9 Å². The molecule has 13 rings (SSSR count). The van der Waals surface area contributed by atoms with Crippen LogP contribution in [0.15, 0.2) is 204 Å². The summed E-state index contributed by atoms with van der Waals surface area (Å²) in [5.74, 6) is -0.393. The minimum atomic E-state index is -3.94. The van der Waals surface area contributed by atoms with Crippen LogP contribution in [-0.4, -0.2) is 156 Å². The van der Waals surface area contributed by atoms with Crippen molar-refractivity contribution in [3.63, 3.8) is 0 Å². The predicted molar refractivity (Wildman–Crippen MR) is 378 cm³/mol. The van der Waals surface area contributed by atoms with Gasteiger partial charge in [-0.1, -0.05) is 108 Å². The highest BCUT2D eigenvalue weighted by Gasteiger charge is 2.42. The van der Waals surface area contributed by atoms with Gasteiger partial charge >= 0.3 is 0 Å². The third-order valence-corrected chi connectivity index (χ3v) is 19.6. The summed E-state index contributed by atoms with van der Waals surface area (Å²) in [4.78, 5) is 64.1. The number of nitrogens with zero attached hydrogens (tertiary/aromatic N) is 2. The van der Waals surface area contributed by atoms with E-state index in [0.717, 1.165) is 20.9 Å². The van der Waals surface area contributed by atoms with Crippen molar-refractivity contribution in [2.45, 2.75) is 23.6 Å². The van der Waals surface area contributed by atoms with Gasteiger partial charge in [0, 0.05) is 43.1 Å². The van der Waals surface area contributed by atoms with E-state index >= 15 is 19.2 Å². The highest BCUT2D eigenvalue weighted by atomic mass is 32.2. The molecule has 2 aliphatic heterocycles. The summed E-state index contributed by atoms with van der Waals surface area (Å²) < 4.78 is 123. The molecule has 22 nitrogen and oxygen atoms in total. The molecule has 11 aromatic rings. The van der Waals surface area contributed by atoms with Crippen LogP contribution in [0.3, 0.4) is 0 Å². The summed E-state index contributed by atoms with van der Waals surface area (Å²) in [6.07, 6.45) is 0. The lowest BCUT2D eigenvalue weighted by Gasteiger charge is -2.32. The molecule has 4 amide bonds. The van der Waals surface area contributed by atoms with Gasteiger partial charge in [0.25, 0.3) is 43.9 Å². The molecule has 0 spiro atoms. The van der Waals surface area contributed by atoms with E-state index in [0.29, 0.717) is 55.3 Å². The van der Waals surface area contributed by atoms with Crippen LogP contribution in [0.1, 0.15) is 52.6 Å². The van der Waals surface area contributed by atoms with Crippen molar-refractivity contribution >= 4 is 87.0 Å². The fourth-order valence-electron chi connectivity index (χ4n) is 12.1. The van der Waals surface area contributed by atoms with Gasteiger partial charge in [0.15, 0.2) is 0 Å². The number of hydrogen-bond donors (Lipinski definition) is 0. The van der Waals surface area contributed by atoms with E-state index in [1.54, 1.807) is 146 Å². The number of carbonyl (C=O) groups is 4. The average molecular weight is 1420 g/mol. The number of imide groups is 2. The first-order valence-corrected chi connectivity index (χ1v) is 35.8. The summed E-state index contributed by atoms with van der Waals surface area (Å²) in [6, 6.07) is 55.0. The number of hydrogen-bond acceptors (Lipinski definition) is 20. The molecule has 0 N–H and O–H groups in total. The van der Waals surface area contributed by atoms with Crippen molar-refractivity contribution in [2.75, 3.05) is 106 Å². The summed E-state index contributed by atoms with van der Waals surface area (Å²) in [5, 5.41) is 2.65. The number of aryl methyl sites for hydroxylation is 2. The van der Waals surface area contributed by atoms with E-state index in [9.17, 15) is 16.8 Å². The van der Waals surface area contributed by atoms with Crippen LogP contribution in [0.5, 0.6) is 46.0 Å². The lowest BCUT2D eigenvalue weighted by Crippen LogP contribution is -2.42. The number of para-hydroxylation sites is 4. The molecule has 0 fully saturated rings. The molecule has 0 saturated carbocycles. The Bertz CT molecular complexity index is 4560. The van der Waals surface area contributed by atoms with E-state index in [1.807, 2.05) is 38.1 Å². The first-order valence-electron chi connectivity index (χ1n) is 33.0. The number of benzene rings is 11. The maximum absolute atomic E-state index is 15.4. The molecule has 24 heteroatoms. The zero-order valence-electron chi connectivity index (χ0n) is 55.7. The predicted octanol–water partition coefficient (Wildman–Crippen LogP) is 13.6. The Balaban J connectivity index is 0.812. The molecule has 0 saturated heterocycles. The summed E-state index contributed by atoms with van der Waals surface area (Å²) in [6.45, 7) is 4.03. The van der Waals surface area contributed by atoms with Gasteiger partial charge in [0.05, 0.1) is 138 Å². The normalized spacial score (nSPS) is 13.2. The Labute approximate surface area is 588 Å². The van der Waals surface area contributed by atoms with E-state index in [1.165, 1.54) is 24.3 Å². The number of amides is 4. The SMILES string of the molecule is Cc1ccc(S(=O)(=O)OCCOCCOCCOCCN2C(=O)c3cc(Oc4ccccc4)c4c5c(Oc6ccccc6)cc6c7c(cc(Oc8ccccc8)c(c8c(Oc9ccccc9)cc(c3c48)C2=O)c75)C(=O)N(CCOCCOCCOCCOS(=O)(=O)c2ccc(C)cc2)C6=O)cc1. The van der Waals surface area contributed by atoms with Gasteiger partial charge in [-0.15, -0.1) is 0 Å². The molecule has 2 aliphatic rings. The van der Waals surface area contributed by atoms with Crippen LogP contribution in [0.4, 0.5) is 0 Å². The fourth-order valence-corrected chi connectivity index (χ4v) is 13.9. The van der Waals surface area contributed by atoms with Crippen LogP contribution in [0.25, 0.3) is 43.1 Å². The Morgan fingerprint density at radius 3 is 0.765 bits per heavy atom. The molecule has 102 heavy (non-hydrogen) atoms. The van der Waals surface area contributed by atoms with Crippen molar-refractivity contribution < 1.29 is 91.7 Å². The Hall–Kier alpha value is -10.2. The lowest BCUT2D eigenvalue weighted by atomic mass is 9.80. The number of ether oxygens (including phenoxy) is 10. The molecule has 524 valence electrons. The second-order valence-corrected chi connectivity index (χ2v) is 27.0. The Morgan fingerprint density at radius 1 is 0.275 bits per heavy atom. The van der Waals surface area contributed by atoms with Crippen LogP contribution in [-0.2, 0) is 57.0 Å². The zero-order valence-corrected chi connectivity index (χ0v) is 57.3. The highest BCUT2D eigenvalue weighted by molar-refractivity contribution is 7.87. The van der Waals surface area contributed by atoms with E-state index in [4.69, 9.17) is 55.7 Å². The van der Waals surface area contributed by atoms with Crippen molar-refractivity contribution in [3.8, 4) is 46.0 Å². The van der Waals surface area contributed by atoms with Crippen molar-refractivity contribution in [1.82, 2.24) is 9.80 Å². The molecule has 0 aromatic heterocycles. The Morgan fingerprint density at radius 2 is 0.510 bits per heavy atom. The highest BCUT2D eigenvalue weighted by Crippen LogP contribution is 2.58. The van der Waals surface area contributed by atoms with Gasteiger partial charge in [0.2, 0.25) is 0 Å². The van der Waals surface area contributed by atoms with Gasteiger partial charge < -0.3 is 47.4 Å². The summed E-state index contributed by atoms with van der Waals surface area (Å²) in [7, 11) is -7.87. The molecule has 0 aliphatic carbocycles. The molecule has 2 heterocycles. The summed E-state index contributed by atoms with van der Waals surface area (Å²) in [5.41, 5.74) is 2.30. The minimum absolute atomic E-state index is 0.0121. The maximum Gasteiger partial charge on any atom is 0.297 e. The third kappa shape index (κ3) is 15.5. The van der Waals surface area contributed by atoms with Crippen molar-refractivity contribution in [1.29, 1.82) is 0 Å². The quantitative estimate of drug-likeness (QED) is 0.0116. The molecule has 0 radical (unpaired) electrons. The van der Waals surface area contributed by atoms with Crippen LogP contribution in [0.2, 0.25) is 0 Å². The standard InChI is InChI=1S/C78H70N2O20S2/c1-51-23-27-57(28-24-51)101(85,86)95-45-43-93-41-39-91-37-35-89-33-31-79-75(81)59-47-63(97-53-15-7-3-8-16-53)69-71-65(99-55-19-11-5-12-20-55)49-61-68-62(78(84)80(77(61)83)32-34-90-36-38-92-40-42-94-44-46-96-102(87,88)58-29-25-52(2)26-30-58)50-66(100-56-21-13-6-14-22-56)72(74(68)71)70-64(98-54-17-9-4-10-18-54)48-60(76(79)82)67(59)73(69)70/h3-30,47-50H,31-46H2,1-2H3. The molecule has 0 atom stereocenters. The van der Waals surface area contributed by atoms with Gasteiger partial charge in [-0.3, -0.25) is 37.3 Å². The third-order valence-electron chi connectivity index (χ3n) is 16.9. The van der Waals surface area contributed by atoms with E-state index in [-0.39, 0.29) is 171 Å². The second-order valence-electron chi connectivity index (χ2n) is 23.7. The topological polar surface area (TPSA) is 254 Å². The number of fused-ring (bicyclic) bond motifs is 2. The summed E-state index contributed by atoms with van der Waals surface area (Å²) >= 11 is 0. The Kier molecular flexibility index (Phi) is 21.9. The van der Waals surface area contributed by atoms with E-state index in [2.05, 4.69) is 0 Å². The number of rotatable bonds is 36. The van der Waals surface area contributed by atoms with Gasteiger partial charge in [-0.25, -0.2) is 0 Å². The zero-order chi connectivity index (χ0) is 70.7. The molecule has 0 bridgehead atoms. The monoisotopic (exact) mass is 1420 g/mol. The van der Waals surface area contributed by atoms with Crippen LogP contribution in [0, 0.1) is 13.8 Å². The van der Waals surface area contributed by atoms with Gasteiger partial charge in [-0.05, 0) is 111 Å². The fraction of sp³-hybridized carbons (Fsp3) is 0.231. The molecule has 11 aromatic carbocycles. The maximum atomic E-state index is 15.4. The second kappa shape index (κ2) is 31.8. The molecular formula is C78H70N2O20S2. The minimum Gasteiger partial charge on any atom is -0.457 e. The largest absolute Gasteiger partial charge is 0.457 e. The first-order chi connectivity index (χ1) is 49.6. The molecular weight excluding hydrogens is 1350 g/mol. The molecule has 0 unspecified atom stereocenters. The lowest BCUT2D eigenvalue weighted by molar-refractivity contribution is 0.00663. The van der Waals surface area contributed by atoms with Gasteiger partial charge in [0.1, 0.15) is 46.0 Å². The van der Waals surface area contributed by atoms with Crippen LogP contribution >= 0.6 is 0 Å². The van der Waals surface area contributed by atoms with Crippen molar-refractivity contribution in [2.24, 2.45) is 0 Å². The number of carbonyl (C=O) groups excluding carboxylic acids is 4.